The Hall–Kier alpha value is -2.39. The first-order chi connectivity index (χ1) is 12.1. The number of nitrogens with two attached hydrogens (primary N) is 1. The molecule has 4 rings (SSSR count). The lowest BCUT2D eigenvalue weighted by molar-refractivity contribution is 0.361. The van der Waals surface area contributed by atoms with Gasteiger partial charge >= 0.3 is 0 Å². The van der Waals surface area contributed by atoms with Gasteiger partial charge in [0.2, 0.25) is 0 Å². The molecule has 6 heteroatoms. The smallest absolute Gasteiger partial charge is 0.139 e. The molecular weight excluding hydrogens is 317 g/mol. The van der Waals surface area contributed by atoms with Crippen LogP contribution in [0.2, 0.25) is 0 Å². The largest absolute Gasteiger partial charge is 0.383 e. The Morgan fingerprint density at radius 1 is 1.28 bits per heavy atom. The van der Waals surface area contributed by atoms with Gasteiger partial charge in [-0.15, -0.1) is 0 Å². The van der Waals surface area contributed by atoms with Crippen molar-refractivity contribution in [3.8, 4) is 6.07 Å². The van der Waals surface area contributed by atoms with Crippen LogP contribution in [-0.4, -0.2) is 29.0 Å². The Balaban J connectivity index is 0.000000140. The number of nitriles is 1. The zero-order chi connectivity index (χ0) is 18.1. The third-order valence-electron chi connectivity index (χ3n) is 4.37. The molecule has 1 fully saturated rings. The molecule has 134 valence electrons. The van der Waals surface area contributed by atoms with E-state index < -0.39 is 6.17 Å². The maximum Gasteiger partial charge on any atom is 0.139 e. The summed E-state index contributed by atoms with van der Waals surface area (Å²) in [6.07, 6.45) is 6.96. The molecule has 1 aromatic heterocycles. The summed E-state index contributed by atoms with van der Waals surface area (Å²) in [6.45, 7) is 1.43. The number of hydrogen-bond acceptors (Lipinski definition) is 4. The zero-order valence-corrected chi connectivity index (χ0v) is 14.7. The van der Waals surface area contributed by atoms with Crippen molar-refractivity contribution in [2.24, 2.45) is 7.05 Å². The second-order valence-electron chi connectivity index (χ2n) is 6.24. The Kier molecular flexibility index (Phi) is 7.42. The van der Waals surface area contributed by atoms with Gasteiger partial charge in [-0.1, -0.05) is 24.3 Å². The lowest BCUT2D eigenvalue weighted by Gasteiger charge is -2.13. The number of nitrogen functional groups attached to an aromatic ring is 1. The first kappa shape index (κ1) is 18.9. The molecule has 2 aromatic rings. The van der Waals surface area contributed by atoms with Crippen molar-refractivity contribution < 1.29 is 4.39 Å². The lowest BCUT2D eigenvalue weighted by Crippen LogP contribution is -2.08. The van der Waals surface area contributed by atoms with Gasteiger partial charge in [0, 0.05) is 13.6 Å². The predicted octanol–water partition coefficient (Wildman–Crippen LogP) is 2.76. The van der Waals surface area contributed by atoms with E-state index in [0.29, 0.717) is 24.3 Å². The first-order valence-corrected chi connectivity index (χ1v) is 8.71. The minimum atomic E-state index is -0.565. The van der Waals surface area contributed by atoms with Gasteiger partial charge in [0.25, 0.3) is 0 Å². The van der Waals surface area contributed by atoms with Gasteiger partial charge in [0.1, 0.15) is 23.6 Å². The third kappa shape index (κ3) is 5.87. The van der Waals surface area contributed by atoms with Crippen LogP contribution in [0.1, 0.15) is 36.0 Å². The monoisotopic (exact) mass is 343 g/mol. The van der Waals surface area contributed by atoms with Gasteiger partial charge in [0.05, 0.1) is 6.20 Å². The van der Waals surface area contributed by atoms with Crippen LogP contribution in [0, 0.1) is 11.3 Å². The van der Waals surface area contributed by atoms with Crippen molar-refractivity contribution >= 4 is 5.82 Å². The van der Waals surface area contributed by atoms with E-state index in [1.165, 1.54) is 36.6 Å². The number of benzene rings is 1. The van der Waals surface area contributed by atoms with E-state index in [1.807, 2.05) is 6.07 Å². The summed E-state index contributed by atoms with van der Waals surface area (Å²) in [5.74, 6) is 0.414. The Morgan fingerprint density at radius 2 is 1.92 bits per heavy atom. The van der Waals surface area contributed by atoms with Crippen LogP contribution in [0.5, 0.6) is 0 Å². The fourth-order valence-corrected chi connectivity index (χ4v) is 2.83. The number of aromatic nitrogens is 2. The summed E-state index contributed by atoms with van der Waals surface area (Å²) >= 11 is 0. The molecule has 2 heterocycles. The Morgan fingerprint density at radius 3 is 2.24 bits per heavy atom. The number of rotatable bonds is 0. The number of fused-ring (bicyclic) bond motifs is 1. The highest BCUT2D eigenvalue weighted by Gasteiger charge is 2.10. The zero-order valence-electron chi connectivity index (χ0n) is 14.7. The van der Waals surface area contributed by atoms with Crippen molar-refractivity contribution in [1.82, 2.24) is 15.1 Å². The molecule has 1 unspecified atom stereocenters. The van der Waals surface area contributed by atoms with E-state index in [2.05, 4.69) is 34.7 Å². The topological polar surface area (TPSA) is 79.7 Å². The van der Waals surface area contributed by atoms with Crippen LogP contribution < -0.4 is 11.1 Å². The molecule has 1 aliphatic heterocycles. The lowest BCUT2D eigenvalue weighted by atomic mass is 9.92. The summed E-state index contributed by atoms with van der Waals surface area (Å²) in [5, 5.41) is 15.0. The maximum absolute atomic E-state index is 11.9. The van der Waals surface area contributed by atoms with Crippen molar-refractivity contribution in [3.05, 3.63) is 47.2 Å². The molecule has 1 saturated heterocycles. The average Bonchev–Trinajstić information content (AvgIpc) is 3.25. The van der Waals surface area contributed by atoms with Gasteiger partial charge in [-0.3, -0.25) is 4.68 Å². The highest BCUT2D eigenvalue weighted by molar-refractivity contribution is 5.46. The summed E-state index contributed by atoms with van der Waals surface area (Å²) in [7, 11) is 1.69. The molecule has 0 radical (unpaired) electrons. The highest BCUT2D eigenvalue weighted by Crippen LogP contribution is 2.19. The van der Waals surface area contributed by atoms with Crippen LogP contribution in [0.25, 0.3) is 0 Å². The number of hydrogen-bond donors (Lipinski definition) is 2. The summed E-state index contributed by atoms with van der Waals surface area (Å²) in [5.41, 5.74) is 8.97. The molecule has 25 heavy (non-hydrogen) atoms. The highest BCUT2D eigenvalue weighted by atomic mass is 19.1. The molecule has 0 saturated carbocycles. The second kappa shape index (κ2) is 9.80. The summed E-state index contributed by atoms with van der Waals surface area (Å²) in [6, 6.07) is 10.7. The van der Waals surface area contributed by atoms with Crippen LogP contribution in [0.4, 0.5) is 10.2 Å². The molecule has 1 aromatic carbocycles. The van der Waals surface area contributed by atoms with E-state index in [9.17, 15) is 4.39 Å². The summed E-state index contributed by atoms with van der Waals surface area (Å²) < 4.78 is 13.3. The molecule has 1 atom stereocenters. The summed E-state index contributed by atoms with van der Waals surface area (Å²) in [4.78, 5) is 0. The minimum absolute atomic E-state index is 0.414. The van der Waals surface area contributed by atoms with E-state index >= 15 is 0 Å². The van der Waals surface area contributed by atoms with Crippen LogP contribution >= 0.6 is 0 Å². The van der Waals surface area contributed by atoms with E-state index in [1.54, 1.807) is 18.2 Å². The Bertz CT molecular complexity index is 673. The Labute approximate surface area is 148 Å². The number of nitrogens with zero attached hydrogens (tertiary/aromatic N) is 3. The van der Waals surface area contributed by atoms with Gasteiger partial charge in [0.15, 0.2) is 0 Å². The van der Waals surface area contributed by atoms with Crippen molar-refractivity contribution in [2.45, 2.75) is 38.3 Å². The maximum atomic E-state index is 11.9. The molecule has 0 bridgehead atoms. The van der Waals surface area contributed by atoms with E-state index in [4.69, 9.17) is 11.0 Å². The van der Waals surface area contributed by atoms with Crippen LogP contribution in [0.15, 0.2) is 30.5 Å². The van der Waals surface area contributed by atoms with Crippen molar-refractivity contribution in [3.63, 3.8) is 0 Å². The molecule has 3 N–H and O–H groups in total. The number of nitrogens with one attached hydrogen (secondary N) is 1. The van der Waals surface area contributed by atoms with Crippen LogP contribution in [-0.2, 0) is 19.9 Å². The fraction of sp³-hybridized carbons (Fsp3) is 0.474. The number of aryl methyl sites for hydroxylation is 3. The van der Waals surface area contributed by atoms with E-state index in [0.717, 1.165) is 6.54 Å². The molecule has 0 spiro atoms. The quantitative estimate of drug-likeness (QED) is 0.771. The predicted molar refractivity (Wildman–Crippen MR) is 97.8 cm³/mol. The van der Waals surface area contributed by atoms with Gasteiger partial charge in [-0.2, -0.15) is 10.4 Å². The molecule has 5 nitrogen and oxygen atoms in total. The SMILES string of the molecule is Cn1ncc(C#N)c1N.FC1CCNC1.c1ccc2c(c1)CCCC2. The second-order valence-corrected chi connectivity index (χ2v) is 6.24. The van der Waals surface area contributed by atoms with Crippen molar-refractivity contribution in [2.75, 3.05) is 18.8 Å². The average molecular weight is 343 g/mol. The third-order valence-corrected chi connectivity index (χ3v) is 4.37. The number of halogens is 1. The number of anilines is 1. The first-order valence-electron chi connectivity index (χ1n) is 8.71. The molecule has 0 amide bonds. The normalized spacial score (nSPS) is 18.0. The van der Waals surface area contributed by atoms with Crippen molar-refractivity contribution in [1.29, 1.82) is 5.26 Å². The fourth-order valence-electron chi connectivity index (χ4n) is 2.83. The number of alkyl halides is 1. The van der Waals surface area contributed by atoms with Crippen LogP contribution in [0.3, 0.4) is 0 Å². The molecule has 2 aliphatic rings. The molecule has 1 aliphatic carbocycles. The standard InChI is InChI=1S/C10H12.C5H6N4.C4H8FN/c1-2-6-10-8-4-3-7-9(10)5-1;1-9-5(7)4(2-6)3-8-9;5-4-1-2-6-3-4/h1-2,5-6H,3-4,7-8H2;3H,7H2,1H3;4,6H,1-3H2. The van der Waals surface area contributed by atoms with Gasteiger partial charge < -0.3 is 11.1 Å². The minimum Gasteiger partial charge on any atom is -0.383 e. The van der Waals surface area contributed by atoms with Gasteiger partial charge in [-0.05, 0) is 49.8 Å². The van der Waals surface area contributed by atoms with Gasteiger partial charge in [-0.25, -0.2) is 4.39 Å². The molecular formula is C19H26FN5. The van der Waals surface area contributed by atoms with E-state index in [-0.39, 0.29) is 0 Å².